The molecular weight excluding hydrogens is 353 g/mol. The van der Waals surface area contributed by atoms with Crippen LogP contribution >= 0.6 is 23.4 Å². The summed E-state index contributed by atoms with van der Waals surface area (Å²) < 4.78 is 39.1. The van der Waals surface area contributed by atoms with Gasteiger partial charge in [-0.15, -0.1) is 11.8 Å². The van der Waals surface area contributed by atoms with E-state index in [1.807, 2.05) is 0 Å². The lowest BCUT2D eigenvalue weighted by molar-refractivity contribution is -0.304. The van der Waals surface area contributed by atoms with Gasteiger partial charge in [0.25, 0.3) is 11.6 Å². The first-order chi connectivity index (χ1) is 10.6. The van der Waals surface area contributed by atoms with Gasteiger partial charge in [-0.2, -0.15) is 13.2 Å². The Morgan fingerprint density at radius 1 is 1.48 bits per heavy atom. The molecule has 2 rings (SSSR count). The van der Waals surface area contributed by atoms with E-state index in [1.165, 1.54) is 0 Å². The van der Waals surface area contributed by atoms with Crippen LogP contribution < -0.4 is 5.43 Å². The van der Waals surface area contributed by atoms with Crippen LogP contribution in [0, 0.1) is 0 Å². The van der Waals surface area contributed by atoms with E-state index in [2.05, 4.69) is 12.0 Å². The lowest BCUT2D eigenvalue weighted by Gasteiger charge is -2.33. The predicted molar refractivity (Wildman–Crippen MR) is 82.4 cm³/mol. The van der Waals surface area contributed by atoms with Gasteiger partial charge in [-0.3, -0.25) is 10.2 Å². The third kappa shape index (κ3) is 3.76. The van der Waals surface area contributed by atoms with Gasteiger partial charge in [0.1, 0.15) is 0 Å². The molecule has 1 heterocycles. The number of nitrogens with zero attached hydrogens (tertiary/aromatic N) is 1. The summed E-state index contributed by atoms with van der Waals surface area (Å²) in [6.45, 7) is 3.35. The Morgan fingerprint density at radius 2 is 2.13 bits per heavy atom. The average Bonchev–Trinajstić information content (AvgIpc) is 2.77. The van der Waals surface area contributed by atoms with Crippen molar-refractivity contribution in [3.05, 3.63) is 47.1 Å². The van der Waals surface area contributed by atoms with Crippen molar-refractivity contribution < 1.29 is 23.1 Å². The van der Waals surface area contributed by atoms with E-state index in [-0.39, 0.29) is 16.5 Å². The lowest BCUT2D eigenvalue weighted by Crippen LogP contribution is -2.60. The Hall–Kier alpha value is -1.38. The number of halogens is 4. The maximum Gasteiger partial charge on any atom is 0.438 e. The molecule has 1 aliphatic heterocycles. The van der Waals surface area contributed by atoms with Crippen LogP contribution in [0.3, 0.4) is 0 Å². The smallest absolute Gasteiger partial charge is 0.362 e. The van der Waals surface area contributed by atoms with Crippen molar-refractivity contribution in [2.24, 2.45) is 0 Å². The average molecular weight is 367 g/mol. The van der Waals surface area contributed by atoms with Crippen molar-refractivity contribution in [2.75, 3.05) is 5.75 Å². The molecule has 126 valence electrons. The largest absolute Gasteiger partial charge is 0.438 e. The highest BCUT2D eigenvalue weighted by molar-refractivity contribution is 7.99. The number of rotatable bonds is 4. The molecule has 1 saturated heterocycles. The summed E-state index contributed by atoms with van der Waals surface area (Å²) in [5.41, 5.74) is -0.381. The first-order valence-electron chi connectivity index (χ1n) is 6.53. The van der Waals surface area contributed by atoms with Gasteiger partial charge in [0, 0.05) is 22.9 Å². The van der Waals surface area contributed by atoms with Crippen LogP contribution in [0.4, 0.5) is 13.2 Å². The van der Waals surface area contributed by atoms with Gasteiger partial charge in [-0.05, 0) is 11.6 Å². The molecule has 1 aromatic rings. The van der Waals surface area contributed by atoms with Crippen molar-refractivity contribution in [2.45, 2.75) is 24.1 Å². The number of hydrogen-bond acceptors (Lipinski definition) is 4. The fraction of sp³-hybridized carbons (Fsp3) is 0.357. The van der Waals surface area contributed by atoms with E-state index in [1.54, 1.807) is 24.3 Å². The maximum atomic E-state index is 13.0. The zero-order chi connectivity index (χ0) is 17.3. The summed E-state index contributed by atoms with van der Waals surface area (Å²) in [7, 11) is 0. The zero-order valence-electron chi connectivity index (χ0n) is 11.9. The van der Waals surface area contributed by atoms with Gasteiger partial charge in [-0.25, -0.2) is 5.01 Å². The second kappa shape index (κ2) is 6.62. The molecule has 1 amide bonds. The van der Waals surface area contributed by atoms with Gasteiger partial charge in [0.15, 0.2) is 0 Å². The van der Waals surface area contributed by atoms with E-state index < -0.39 is 24.2 Å². The molecular formula is C14H14ClF3N2O2S. The minimum Gasteiger partial charge on any atom is -0.362 e. The summed E-state index contributed by atoms with van der Waals surface area (Å²) in [6.07, 6.45) is -5.78. The number of thioether (sulfide) groups is 1. The Labute approximate surface area is 140 Å². The highest BCUT2D eigenvalue weighted by Gasteiger charge is 2.63. The van der Waals surface area contributed by atoms with Crippen molar-refractivity contribution in [3.63, 3.8) is 0 Å². The number of alkyl halides is 3. The monoisotopic (exact) mass is 366 g/mol. The van der Waals surface area contributed by atoms with Crippen molar-refractivity contribution in [3.8, 4) is 0 Å². The molecule has 0 spiro atoms. The Kier molecular flexibility index (Phi) is 5.17. The minimum atomic E-state index is -4.98. The molecule has 0 aliphatic carbocycles. The number of amides is 1. The third-order valence-electron chi connectivity index (χ3n) is 3.24. The van der Waals surface area contributed by atoms with Crippen LogP contribution in [0.1, 0.15) is 12.0 Å². The van der Waals surface area contributed by atoms with E-state index in [4.69, 9.17) is 11.6 Å². The number of carbonyl (C=O) groups is 1. The first kappa shape index (κ1) is 18.0. The molecule has 1 aromatic carbocycles. The second-order valence-electron chi connectivity index (χ2n) is 5.02. The van der Waals surface area contributed by atoms with Gasteiger partial charge >= 0.3 is 6.18 Å². The molecule has 1 aliphatic rings. The molecule has 9 heteroatoms. The number of benzene rings is 1. The Bertz CT molecular complexity index is 626. The quantitative estimate of drug-likeness (QED) is 0.860. The van der Waals surface area contributed by atoms with Gasteiger partial charge < -0.3 is 5.11 Å². The standard InChI is InChI=1S/C14H14ClF3N2O2S/c1-9-6-13(22,14(16,17)18)20(19-9)12(21)8-23-7-10-4-2-3-5-11(10)15/h2-5,19,22H,1,6-8H2. The van der Waals surface area contributed by atoms with Crippen molar-refractivity contribution in [1.82, 2.24) is 10.4 Å². The molecule has 4 nitrogen and oxygen atoms in total. The summed E-state index contributed by atoms with van der Waals surface area (Å²) >= 11 is 7.07. The lowest BCUT2D eigenvalue weighted by atomic mass is 10.1. The molecule has 1 fully saturated rings. The van der Waals surface area contributed by atoms with Crippen molar-refractivity contribution in [1.29, 1.82) is 0 Å². The SMILES string of the molecule is C=C1CC(O)(C(F)(F)F)N(C(=O)CSCc2ccccc2Cl)N1. The van der Waals surface area contributed by atoms with E-state index in [9.17, 15) is 23.1 Å². The van der Waals surface area contributed by atoms with Crippen LogP contribution in [0.2, 0.25) is 5.02 Å². The summed E-state index contributed by atoms with van der Waals surface area (Å²) in [5, 5.41) is 10.5. The molecule has 0 radical (unpaired) electrons. The summed E-state index contributed by atoms with van der Waals surface area (Å²) in [4.78, 5) is 12.0. The summed E-state index contributed by atoms with van der Waals surface area (Å²) in [6, 6.07) is 6.98. The van der Waals surface area contributed by atoms with Crippen LogP contribution in [0.25, 0.3) is 0 Å². The number of aliphatic hydroxyl groups is 1. The highest BCUT2D eigenvalue weighted by Crippen LogP contribution is 2.40. The number of carbonyl (C=O) groups excluding carboxylic acids is 1. The highest BCUT2D eigenvalue weighted by atomic mass is 35.5. The summed E-state index contributed by atoms with van der Waals surface area (Å²) in [5.74, 6) is -0.769. The van der Waals surface area contributed by atoms with Crippen LogP contribution in [0.5, 0.6) is 0 Å². The number of nitrogens with one attached hydrogen (secondary N) is 1. The normalized spacial score (nSPS) is 21.4. The molecule has 23 heavy (non-hydrogen) atoms. The topological polar surface area (TPSA) is 52.6 Å². The van der Waals surface area contributed by atoms with Gasteiger partial charge in [-0.1, -0.05) is 36.4 Å². The molecule has 1 atom stereocenters. The Balaban J connectivity index is 2.00. The molecule has 0 bridgehead atoms. The number of hydrazine groups is 1. The Morgan fingerprint density at radius 3 is 2.74 bits per heavy atom. The van der Waals surface area contributed by atoms with E-state index >= 15 is 0 Å². The fourth-order valence-electron chi connectivity index (χ4n) is 2.09. The second-order valence-corrected chi connectivity index (χ2v) is 6.41. The van der Waals surface area contributed by atoms with Gasteiger partial charge in [0.2, 0.25) is 0 Å². The minimum absolute atomic E-state index is 0.0747. The molecule has 1 unspecified atom stereocenters. The fourth-order valence-corrected chi connectivity index (χ4v) is 3.25. The molecule has 2 N–H and O–H groups in total. The zero-order valence-corrected chi connectivity index (χ0v) is 13.4. The van der Waals surface area contributed by atoms with Crippen LogP contribution in [-0.2, 0) is 10.5 Å². The van der Waals surface area contributed by atoms with Crippen LogP contribution in [0.15, 0.2) is 36.5 Å². The number of hydrogen-bond donors (Lipinski definition) is 2. The van der Waals surface area contributed by atoms with E-state index in [0.29, 0.717) is 10.8 Å². The van der Waals surface area contributed by atoms with E-state index in [0.717, 1.165) is 17.3 Å². The first-order valence-corrected chi connectivity index (χ1v) is 8.06. The van der Waals surface area contributed by atoms with Crippen LogP contribution in [-0.4, -0.2) is 33.7 Å². The maximum absolute atomic E-state index is 13.0. The predicted octanol–water partition coefficient (Wildman–Crippen LogP) is 3.07. The molecule has 0 aromatic heterocycles. The molecule has 0 saturated carbocycles. The third-order valence-corrected chi connectivity index (χ3v) is 4.58. The van der Waals surface area contributed by atoms with Crippen molar-refractivity contribution >= 4 is 29.3 Å². The van der Waals surface area contributed by atoms with Gasteiger partial charge in [0.05, 0.1) is 5.75 Å².